The standard InChI is InChI=1S/C18H24F2N2O.ClH/c1-12(13-9-21-10-13)17(23)22-11-18(7-2-3-8-18)16-14(19)5-4-6-15(16)20;/h4-6,12-13,21H,2-3,7-11H2,1H3,(H,22,23);1H. The van der Waals surface area contributed by atoms with Crippen LogP contribution in [0.2, 0.25) is 0 Å². The number of benzene rings is 1. The fraction of sp³-hybridized carbons (Fsp3) is 0.611. The summed E-state index contributed by atoms with van der Waals surface area (Å²) in [4.78, 5) is 12.4. The van der Waals surface area contributed by atoms with Crippen molar-refractivity contribution < 1.29 is 13.6 Å². The Kier molecular flexibility index (Phi) is 6.21. The van der Waals surface area contributed by atoms with Gasteiger partial charge in [0.05, 0.1) is 0 Å². The number of carbonyl (C=O) groups is 1. The zero-order chi connectivity index (χ0) is 16.4. The number of amides is 1. The molecule has 0 radical (unpaired) electrons. The van der Waals surface area contributed by atoms with Crippen LogP contribution in [0, 0.1) is 23.5 Å². The van der Waals surface area contributed by atoms with Crippen molar-refractivity contribution in [2.24, 2.45) is 11.8 Å². The molecule has 1 saturated carbocycles. The maximum Gasteiger partial charge on any atom is 0.223 e. The second kappa shape index (κ2) is 7.79. The molecule has 1 aromatic rings. The molecule has 3 rings (SSSR count). The number of nitrogens with one attached hydrogen (secondary N) is 2. The lowest BCUT2D eigenvalue weighted by atomic mass is 9.77. The molecule has 1 amide bonds. The third-order valence-electron chi connectivity index (χ3n) is 5.59. The number of rotatable bonds is 5. The van der Waals surface area contributed by atoms with E-state index in [1.807, 2.05) is 6.92 Å². The molecule has 1 atom stereocenters. The molecule has 1 aliphatic carbocycles. The predicted octanol–water partition coefficient (Wildman–Crippen LogP) is 3.17. The van der Waals surface area contributed by atoms with E-state index in [-0.39, 0.29) is 29.8 Å². The fourth-order valence-corrected chi connectivity index (χ4v) is 3.87. The molecule has 2 aliphatic rings. The van der Waals surface area contributed by atoms with E-state index in [2.05, 4.69) is 10.6 Å². The van der Waals surface area contributed by atoms with Gasteiger partial charge in [-0.1, -0.05) is 25.8 Å². The smallest absolute Gasteiger partial charge is 0.223 e. The SMILES string of the molecule is CC(C(=O)NCC1(c2c(F)cccc2F)CCCC1)C1CNC1.Cl. The molecule has 1 heterocycles. The predicted molar refractivity (Wildman–Crippen MR) is 92.3 cm³/mol. The van der Waals surface area contributed by atoms with Crippen molar-refractivity contribution in [3.8, 4) is 0 Å². The average molecular weight is 359 g/mol. The molecule has 2 N–H and O–H groups in total. The summed E-state index contributed by atoms with van der Waals surface area (Å²) in [6, 6.07) is 4.01. The minimum absolute atomic E-state index is 0. The Labute approximate surface area is 148 Å². The highest BCUT2D eigenvalue weighted by Gasteiger charge is 2.40. The van der Waals surface area contributed by atoms with Crippen LogP contribution in [-0.2, 0) is 10.2 Å². The van der Waals surface area contributed by atoms with Crippen molar-refractivity contribution in [2.75, 3.05) is 19.6 Å². The van der Waals surface area contributed by atoms with E-state index in [0.717, 1.165) is 25.9 Å². The minimum atomic E-state index is -0.608. The van der Waals surface area contributed by atoms with Crippen LogP contribution in [0.4, 0.5) is 8.78 Å². The van der Waals surface area contributed by atoms with Crippen LogP contribution < -0.4 is 10.6 Å². The van der Waals surface area contributed by atoms with E-state index in [1.165, 1.54) is 18.2 Å². The minimum Gasteiger partial charge on any atom is -0.355 e. The van der Waals surface area contributed by atoms with Gasteiger partial charge in [-0.05, 0) is 44.0 Å². The van der Waals surface area contributed by atoms with Crippen LogP contribution >= 0.6 is 12.4 Å². The van der Waals surface area contributed by atoms with Crippen LogP contribution in [0.1, 0.15) is 38.2 Å². The van der Waals surface area contributed by atoms with E-state index in [9.17, 15) is 13.6 Å². The third kappa shape index (κ3) is 3.57. The maximum atomic E-state index is 14.3. The summed E-state index contributed by atoms with van der Waals surface area (Å²) in [7, 11) is 0. The van der Waals surface area contributed by atoms with Gasteiger partial charge < -0.3 is 10.6 Å². The molecule has 1 aliphatic heterocycles. The summed E-state index contributed by atoms with van der Waals surface area (Å²) in [6.07, 6.45) is 3.30. The van der Waals surface area contributed by atoms with E-state index in [1.54, 1.807) is 0 Å². The number of hydrogen-bond donors (Lipinski definition) is 2. The van der Waals surface area contributed by atoms with Crippen LogP contribution in [0.3, 0.4) is 0 Å². The molecular formula is C18H25ClF2N2O. The van der Waals surface area contributed by atoms with Gasteiger partial charge >= 0.3 is 0 Å². The van der Waals surface area contributed by atoms with Crippen LogP contribution in [0.5, 0.6) is 0 Å². The first-order valence-electron chi connectivity index (χ1n) is 8.46. The van der Waals surface area contributed by atoms with Crippen molar-refractivity contribution in [3.63, 3.8) is 0 Å². The Morgan fingerprint density at radius 3 is 2.38 bits per heavy atom. The van der Waals surface area contributed by atoms with Crippen molar-refractivity contribution in [1.29, 1.82) is 0 Å². The molecule has 6 heteroatoms. The number of halogens is 3. The molecule has 1 saturated heterocycles. The summed E-state index contributed by atoms with van der Waals surface area (Å²) in [6.45, 7) is 3.96. The van der Waals surface area contributed by atoms with Gasteiger partial charge in [0, 0.05) is 23.4 Å². The summed E-state index contributed by atoms with van der Waals surface area (Å²) in [5, 5.41) is 6.13. The van der Waals surface area contributed by atoms with Crippen molar-refractivity contribution in [1.82, 2.24) is 10.6 Å². The zero-order valence-corrected chi connectivity index (χ0v) is 14.7. The van der Waals surface area contributed by atoms with Crippen LogP contribution in [0.25, 0.3) is 0 Å². The normalized spacial score (nSPS) is 20.8. The maximum absolute atomic E-state index is 14.3. The molecule has 1 unspecified atom stereocenters. The lowest BCUT2D eigenvalue weighted by molar-refractivity contribution is -0.127. The van der Waals surface area contributed by atoms with E-state index in [0.29, 0.717) is 25.3 Å². The highest BCUT2D eigenvalue weighted by molar-refractivity contribution is 5.85. The third-order valence-corrected chi connectivity index (χ3v) is 5.59. The zero-order valence-electron chi connectivity index (χ0n) is 13.9. The van der Waals surface area contributed by atoms with E-state index in [4.69, 9.17) is 0 Å². The topological polar surface area (TPSA) is 41.1 Å². The molecule has 24 heavy (non-hydrogen) atoms. The lowest BCUT2D eigenvalue weighted by Crippen LogP contribution is -2.51. The van der Waals surface area contributed by atoms with Crippen molar-refractivity contribution in [2.45, 2.75) is 38.0 Å². The Bertz CT molecular complexity index is 566. The van der Waals surface area contributed by atoms with Gasteiger partial charge in [0.25, 0.3) is 0 Å². The lowest BCUT2D eigenvalue weighted by Gasteiger charge is -2.34. The molecule has 2 fully saturated rings. The molecule has 3 nitrogen and oxygen atoms in total. The van der Waals surface area contributed by atoms with Gasteiger partial charge in [-0.2, -0.15) is 0 Å². The highest BCUT2D eigenvalue weighted by Crippen LogP contribution is 2.42. The number of carbonyl (C=O) groups excluding carboxylic acids is 1. The van der Waals surface area contributed by atoms with Crippen molar-refractivity contribution >= 4 is 18.3 Å². The Morgan fingerprint density at radius 2 is 1.88 bits per heavy atom. The molecular weight excluding hydrogens is 334 g/mol. The first kappa shape index (κ1) is 19.1. The van der Waals surface area contributed by atoms with Gasteiger partial charge in [-0.3, -0.25) is 4.79 Å². The first-order valence-corrected chi connectivity index (χ1v) is 8.46. The Balaban J connectivity index is 0.00000208. The van der Waals surface area contributed by atoms with Crippen molar-refractivity contribution in [3.05, 3.63) is 35.4 Å². The Morgan fingerprint density at radius 1 is 1.29 bits per heavy atom. The first-order chi connectivity index (χ1) is 11.0. The van der Waals surface area contributed by atoms with Gasteiger partial charge in [0.1, 0.15) is 11.6 Å². The Hall–Kier alpha value is -1.20. The van der Waals surface area contributed by atoms with Gasteiger partial charge in [-0.15, -0.1) is 12.4 Å². The molecule has 134 valence electrons. The summed E-state index contributed by atoms with van der Waals surface area (Å²) in [5.41, 5.74) is -0.460. The molecule has 0 spiro atoms. The quantitative estimate of drug-likeness (QED) is 0.848. The monoisotopic (exact) mass is 358 g/mol. The van der Waals surface area contributed by atoms with Gasteiger partial charge in [0.2, 0.25) is 5.91 Å². The van der Waals surface area contributed by atoms with E-state index >= 15 is 0 Å². The molecule has 0 bridgehead atoms. The second-order valence-electron chi connectivity index (χ2n) is 7.01. The van der Waals surface area contributed by atoms with E-state index < -0.39 is 17.0 Å². The van der Waals surface area contributed by atoms with Crippen LogP contribution in [-0.4, -0.2) is 25.5 Å². The molecule has 0 aromatic heterocycles. The summed E-state index contributed by atoms with van der Waals surface area (Å²) < 4.78 is 28.5. The highest BCUT2D eigenvalue weighted by atomic mass is 35.5. The number of hydrogen-bond acceptors (Lipinski definition) is 2. The fourth-order valence-electron chi connectivity index (χ4n) is 3.87. The summed E-state index contributed by atoms with van der Waals surface area (Å²) >= 11 is 0. The average Bonchev–Trinajstić information content (AvgIpc) is 2.92. The largest absolute Gasteiger partial charge is 0.355 e. The van der Waals surface area contributed by atoms with Crippen LogP contribution in [0.15, 0.2) is 18.2 Å². The molecule has 1 aromatic carbocycles. The summed E-state index contributed by atoms with van der Waals surface area (Å²) in [5.74, 6) is -0.728. The second-order valence-corrected chi connectivity index (χ2v) is 7.01. The van der Waals surface area contributed by atoms with Gasteiger partial charge in [-0.25, -0.2) is 8.78 Å². The van der Waals surface area contributed by atoms with Gasteiger partial charge in [0.15, 0.2) is 0 Å².